The molecule has 0 unspecified atom stereocenters. The van der Waals surface area contributed by atoms with Crippen LogP contribution in [0.3, 0.4) is 0 Å². The van der Waals surface area contributed by atoms with Gasteiger partial charge in [0.05, 0.1) is 18.8 Å². The second kappa shape index (κ2) is 14.4. The van der Waals surface area contributed by atoms with E-state index in [9.17, 15) is 0 Å². The van der Waals surface area contributed by atoms with E-state index in [0.717, 1.165) is 71.1 Å². The maximum Gasteiger partial charge on any atom is 0.191 e. The van der Waals surface area contributed by atoms with Crippen LogP contribution in [0.25, 0.3) is 0 Å². The molecule has 0 saturated carbocycles. The third kappa shape index (κ3) is 9.57. The zero-order valence-electron chi connectivity index (χ0n) is 18.8. The molecular formula is C23H37IN6O. The first kappa shape index (κ1) is 25.6. The van der Waals surface area contributed by atoms with Crippen molar-refractivity contribution in [3.8, 4) is 0 Å². The van der Waals surface area contributed by atoms with Crippen LogP contribution < -0.4 is 10.6 Å². The lowest BCUT2D eigenvalue weighted by Crippen LogP contribution is -2.40. The van der Waals surface area contributed by atoms with Crippen molar-refractivity contribution in [2.24, 2.45) is 4.99 Å². The molecule has 2 N–H and O–H groups in total. The molecule has 3 rings (SSSR count). The van der Waals surface area contributed by atoms with E-state index in [1.165, 1.54) is 11.1 Å². The van der Waals surface area contributed by atoms with Crippen molar-refractivity contribution in [1.82, 2.24) is 25.3 Å². The highest BCUT2D eigenvalue weighted by molar-refractivity contribution is 14.0. The van der Waals surface area contributed by atoms with E-state index < -0.39 is 0 Å². The Labute approximate surface area is 203 Å². The normalized spacial score (nSPS) is 15.5. The van der Waals surface area contributed by atoms with Gasteiger partial charge in [-0.05, 0) is 37.3 Å². The average Bonchev–Trinajstić information content (AvgIpc) is 3.19. The Morgan fingerprint density at radius 2 is 1.90 bits per heavy atom. The Bertz CT molecular complexity index is 758. The van der Waals surface area contributed by atoms with Gasteiger partial charge in [-0.2, -0.15) is 5.10 Å². The number of ether oxygens (including phenoxy) is 1. The van der Waals surface area contributed by atoms with E-state index in [1.807, 2.05) is 24.0 Å². The molecule has 2 heterocycles. The molecular weight excluding hydrogens is 503 g/mol. The number of guanidine groups is 1. The van der Waals surface area contributed by atoms with Gasteiger partial charge in [-0.15, -0.1) is 24.0 Å². The Morgan fingerprint density at radius 1 is 1.16 bits per heavy atom. The van der Waals surface area contributed by atoms with Crippen LogP contribution in [-0.2, 0) is 17.8 Å². The number of aryl methyl sites for hydroxylation is 1. The summed E-state index contributed by atoms with van der Waals surface area (Å²) in [6.07, 6.45) is 7.53. The number of rotatable bonds is 10. The van der Waals surface area contributed by atoms with Crippen LogP contribution in [0.5, 0.6) is 0 Å². The van der Waals surface area contributed by atoms with Crippen LogP contribution in [0.2, 0.25) is 0 Å². The molecule has 1 fully saturated rings. The Kier molecular flexibility index (Phi) is 11.9. The maximum atomic E-state index is 6.10. The molecule has 7 nitrogen and oxygen atoms in total. The van der Waals surface area contributed by atoms with Crippen molar-refractivity contribution in [2.75, 3.05) is 39.8 Å². The molecule has 0 bridgehead atoms. The fourth-order valence-corrected chi connectivity index (χ4v) is 3.70. The Balaban J connectivity index is 0.00000341. The number of halogens is 1. The van der Waals surface area contributed by atoms with Crippen molar-refractivity contribution in [1.29, 1.82) is 0 Å². The molecule has 0 radical (unpaired) electrons. The minimum Gasteiger partial charge on any atom is -0.378 e. The third-order valence-electron chi connectivity index (χ3n) is 5.37. The first-order valence-corrected chi connectivity index (χ1v) is 11.0. The summed E-state index contributed by atoms with van der Waals surface area (Å²) in [6.45, 7) is 8.58. The van der Waals surface area contributed by atoms with E-state index in [-0.39, 0.29) is 24.0 Å². The van der Waals surface area contributed by atoms with Gasteiger partial charge in [0.1, 0.15) is 0 Å². The summed E-state index contributed by atoms with van der Waals surface area (Å²) in [5.41, 5.74) is 2.57. The number of aromatic nitrogens is 2. The van der Waals surface area contributed by atoms with E-state index in [0.29, 0.717) is 6.10 Å². The minimum absolute atomic E-state index is 0. The topological polar surface area (TPSA) is 66.7 Å². The second-order valence-electron chi connectivity index (χ2n) is 7.89. The molecule has 1 saturated heterocycles. The zero-order chi connectivity index (χ0) is 21.0. The smallest absolute Gasteiger partial charge is 0.191 e. The predicted molar refractivity (Wildman–Crippen MR) is 137 cm³/mol. The molecule has 31 heavy (non-hydrogen) atoms. The molecule has 8 heteroatoms. The van der Waals surface area contributed by atoms with Crippen molar-refractivity contribution >= 4 is 29.9 Å². The van der Waals surface area contributed by atoms with Crippen molar-refractivity contribution in [3.63, 3.8) is 0 Å². The summed E-state index contributed by atoms with van der Waals surface area (Å²) >= 11 is 0. The Morgan fingerprint density at radius 3 is 2.58 bits per heavy atom. The fraction of sp³-hybridized carbons (Fsp3) is 0.565. The third-order valence-corrected chi connectivity index (χ3v) is 5.37. The van der Waals surface area contributed by atoms with Gasteiger partial charge in [-0.25, -0.2) is 0 Å². The predicted octanol–water partition coefficient (Wildman–Crippen LogP) is 3.05. The van der Waals surface area contributed by atoms with E-state index in [1.54, 1.807) is 7.05 Å². The van der Waals surface area contributed by atoms with Gasteiger partial charge in [-0.1, -0.05) is 30.3 Å². The highest BCUT2D eigenvalue weighted by Crippen LogP contribution is 2.16. The van der Waals surface area contributed by atoms with Gasteiger partial charge >= 0.3 is 0 Å². The zero-order valence-corrected chi connectivity index (χ0v) is 21.1. The summed E-state index contributed by atoms with van der Waals surface area (Å²) in [5.74, 6) is 0.827. The first-order chi connectivity index (χ1) is 14.7. The molecule has 1 aromatic carbocycles. The number of hydrogen-bond donors (Lipinski definition) is 2. The van der Waals surface area contributed by atoms with Crippen molar-refractivity contribution in [2.45, 2.75) is 45.4 Å². The summed E-state index contributed by atoms with van der Waals surface area (Å²) < 4.78 is 8.04. The largest absolute Gasteiger partial charge is 0.378 e. The quantitative estimate of drug-likeness (QED) is 0.210. The molecule has 0 spiro atoms. The van der Waals surface area contributed by atoms with Crippen molar-refractivity contribution in [3.05, 3.63) is 53.9 Å². The summed E-state index contributed by atoms with van der Waals surface area (Å²) in [7, 11) is 1.80. The summed E-state index contributed by atoms with van der Waals surface area (Å²) in [6, 6.07) is 10.7. The molecule has 2 aromatic rings. The number of nitrogens with zero attached hydrogens (tertiary/aromatic N) is 4. The van der Waals surface area contributed by atoms with Crippen LogP contribution in [0, 0.1) is 6.92 Å². The Hall–Kier alpha value is -1.65. The lowest BCUT2D eigenvalue weighted by Gasteiger charge is -2.32. The monoisotopic (exact) mass is 540 g/mol. The van der Waals surface area contributed by atoms with Gasteiger partial charge in [-0.3, -0.25) is 14.6 Å². The molecule has 1 aliphatic heterocycles. The number of likely N-dealkylation sites (tertiary alicyclic amines) is 1. The molecule has 0 amide bonds. The van der Waals surface area contributed by atoms with Crippen LogP contribution >= 0.6 is 24.0 Å². The lowest BCUT2D eigenvalue weighted by molar-refractivity contribution is 0.00534. The number of hydrogen-bond acceptors (Lipinski definition) is 4. The van der Waals surface area contributed by atoms with Crippen molar-refractivity contribution < 1.29 is 4.74 Å². The maximum absolute atomic E-state index is 6.10. The van der Waals surface area contributed by atoms with E-state index in [2.05, 4.69) is 56.0 Å². The lowest BCUT2D eigenvalue weighted by atomic mass is 10.1. The second-order valence-corrected chi connectivity index (χ2v) is 7.89. The van der Waals surface area contributed by atoms with Gasteiger partial charge in [0.2, 0.25) is 0 Å². The van der Waals surface area contributed by atoms with Crippen LogP contribution in [0.4, 0.5) is 0 Å². The van der Waals surface area contributed by atoms with E-state index in [4.69, 9.17) is 4.74 Å². The van der Waals surface area contributed by atoms with E-state index >= 15 is 0 Å². The number of piperidine rings is 1. The minimum atomic E-state index is 0. The molecule has 1 aromatic heterocycles. The highest BCUT2D eigenvalue weighted by Gasteiger charge is 2.19. The van der Waals surface area contributed by atoms with Gasteiger partial charge in [0.15, 0.2) is 5.96 Å². The first-order valence-electron chi connectivity index (χ1n) is 11.0. The van der Waals surface area contributed by atoms with Crippen LogP contribution in [0.15, 0.2) is 47.7 Å². The average molecular weight is 540 g/mol. The van der Waals surface area contributed by atoms with Crippen LogP contribution in [0.1, 0.15) is 30.4 Å². The number of benzene rings is 1. The van der Waals surface area contributed by atoms with Gasteiger partial charge < -0.3 is 15.4 Å². The molecule has 172 valence electrons. The fourth-order valence-electron chi connectivity index (χ4n) is 3.70. The van der Waals surface area contributed by atoms with Gasteiger partial charge in [0.25, 0.3) is 0 Å². The SMILES string of the molecule is CN=C(NCCCOC1CCN(Cc2ccccc2)CC1)NCCn1cc(C)cn1.I. The number of aliphatic imine (C=N–C) groups is 1. The number of nitrogens with one attached hydrogen (secondary N) is 2. The standard InChI is InChI=1S/C23H36N6O.HI/c1-20-17-27-29(18-20)15-12-26-23(24-2)25-11-6-16-30-22-9-13-28(14-10-22)19-21-7-4-3-5-8-21;/h3-5,7-8,17-18,22H,6,9-16,19H2,1-2H3,(H2,24,25,26);1H. The molecule has 0 aliphatic carbocycles. The summed E-state index contributed by atoms with van der Waals surface area (Å²) in [4.78, 5) is 6.80. The molecule has 0 atom stereocenters. The van der Waals surface area contributed by atoms with Gasteiger partial charge in [0, 0.05) is 52.6 Å². The highest BCUT2D eigenvalue weighted by atomic mass is 127. The summed E-state index contributed by atoms with van der Waals surface area (Å²) in [5, 5.41) is 11.0. The van der Waals surface area contributed by atoms with Crippen LogP contribution in [-0.4, -0.2) is 66.6 Å². The molecule has 1 aliphatic rings.